The van der Waals surface area contributed by atoms with E-state index < -0.39 is 17.7 Å². The number of nitrogens with one attached hydrogen (secondary N) is 1. The quantitative estimate of drug-likeness (QED) is 0.559. The first-order valence-corrected chi connectivity index (χ1v) is 8.67. The Hall–Kier alpha value is 0.604. The second-order valence-corrected chi connectivity index (χ2v) is 8.65. The van der Waals surface area contributed by atoms with E-state index in [2.05, 4.69) is 57.1 Å². The number of halogens is 2. The van der Waals surface area contributed by atoms with Gasteiger partial charge in [-0.15, -0.1) is 0 Å². The smallest absolute Gasteiger partial charge is 1.00 e. The minimum atomic E-state index is -1.52. The summed E-state index contributed by atoms with van der Waals surface area (Å²) in [6.07, 6.45) is 0. The third-order valence-corrected chi connectivity index (χ3v) is 7.41. The maximum absolute atomic E-state index is 4.45. The topological polar surface area (TPSA) is 12.0 Å². The number of hydrogen-bond donors (Lipinski definition) is 1. The first kappa shape index (κ1) is 20.9. The number of allylic oxidation sites excluding steroid dienone is 4. The van der Waals surface area contributed by atoms with Crippen molar-refractivity contribution < 1.29 is 42.5 Å². The Morgan fingerprint density at radius 3 is 1.78 bits per heavy atom. The van der Waals surface area contributed by atoms with Crippen LogP contribution in [0.1, 0.15) is 48.5 Å². The van der Waals surface area contributed by atoms with Crippen molar-refractivity contribution in [1.82, 2.24) is 3.80 Å². The maximum atomic E-state index is 4.45. The second kappa shape index (κ2) is 7.40. The molecule has 18 heavy (non-hydrogen) atoms. The predicted octanol–water partition coefficient (Wildman–Crippen LogP) is -2.39. The average Bonchev–Trinajstić information content (AvgIpc) is 2.28. The van der Waals surface area contributed by atoms with Crippen molar-refractivity contribution in [2.24, 2.45) is 5.92 Å². The molecule has 0 radical (unpaired) electrons. The third-order valence-electron chi connectivity index (χ3n) is 3.49. The maximum Gasteiger partial charge on any atom is -1.00 e. The summed E-state index contributed by atoms with van der Waals surface area (Å²) in [6.45, 7) is 15.8. The van der Waals surface area contributed by atoms with Gasteiger partial charge in [0, 0.05) is 0 Å². The Bertz CT molecular complexity index is 389. The zero-order valence-electron chi connectivity index (χ0n) is 12.5. The van der Waals surface area contributed by atoms with Gasteiger partial charge in [-0.1, -0.05) is 0 Å². The molecule has 1 aliphatic rings. The van der Waals surface area contributed by atoms with E-state index in [4.69, 9.17) is 0 Å². The van der Waals surface area contributed by atoms with Gasteiger partial charge in [0.25, 0.3) is 0 Å². The van der Waals surface area contributed by atoms with Gasteiger partial charge >= 0.3 is 107 Å². The minimum Gasteiger partial charge on any atom is -1.00 e. The van der Waals surface area contributed by atoms with Crippen molar-refractivity contribution in [3.63, 3.8) is 0 Å². The first-order chi connectivity index (χ1) is 7.15. The molecule has 0 heterocycles. The molecule has 0 fully saturated rings. The van der Waals surface area contributed by atoms with Crippen LogP contribution < -0.4 is 28.6 Å². The normalized spacial score (nSPS) is 19.1. The summed E-state index contributed by atoms with van der Waals surface area (Å²) in [5.74, 6) is 0.613. The van der Waals surface area contributed by atoms with E-state index in [9.17, 15) is 0 Å². The monoisotopic (exact) mass is 325 g/mol. The average molecular weight is 326 g/mol. The van der Waals surface area contributed by atoms with Crippen molar-refractivity contribution in [2.45, 2.75) is 54.0 Å². The largest absolute Gasteiger partial charge is 1.00 e. The van der Waals surface area contributed by atoms with Crippen LogP contribution >= 0.6 is 0 Å². The summed E-state index contributed by atoms with van der Waals surface area (Å²) >= 11 is -1.52. The summed E-state index contributed by atoms with van der Waals surface area (Å²) < 4.78 is 5.36. The van der Waals surface area contributed by atoms with Crippen LogP contribution in [0.5, 0.6) is 0 Å². The van der Waals surface area contributed by atoms with E-state index in [1.54, 1.807) is 3.88 Å². The Balaban J connectivity index is 0. The summed E-state index contributed by atoms with van der Waals surface area (Å²) in [5, 5.41) is 0. The van der Waals surface area contributed by atoms with Crippen LogP contribution in [0.15, 0.2) is 20.6 Å². The molecule has 0 aliphatic heterocycles. The van der Waals surface area contributed by atoms with Gasteiger partial charge in [-0.05, 0) is 0 Å². The number of rotatable bonds is 2. The zero-order valence-corrected chi connectivity index (χ0v) is 15.6. The van der Waals surface area contributed by atoms with Crippen molar-refractivity contribution >= 4 is 4.82 Å². The molecule has 0 saturated heterocycles. The molecular formula is C14H25Cl2NTi. The summed E-state index contributed by atoms with van der Waals surface area (Å²) in [6, 6.07) is 0. The van der Waals surface area contributed by atoms with Crippen LogP contribution in [0.3, 0.4) is 0 Å². The molecule has 0 amide bonds. The van der Waals surface area contributed by atoms with Gasteiger partial charge in [-0.3, -0.25) is 0 Å². The van der Waals surface area contributed by atoms with Gasteiger partial charge in [-0.25, -0.2) is 0 Å². The molecule has 1 nitrogen and oxygen atoms in total. The summed E-state index contributed by atoms with van der Waals surface area (Å²) in [5.41, 5.74) is 4.73. The Morgan fingerprint density at radius 2 is 1.50 bits per heavy atom. The third kappa shape index (κ3) is 4.61. The fourth-order valence-corrected chi connectivity index (χ4v) is 6.15. The van der Waals surface area contributed by atoms with E-state index in [1.165, 1.54) is 16.7 Å². The molecule has 0 spiro atoms. The van der Waals surface area contributed by atoms with Crippen LogP contribution in [-0.2, 0) is 17.7 Å². The van der Waals surface area contributed by atoms with E-state index in [-0.39, 0.29) is 30.4 Å². The fraction of sp³-hybridized carbons (Fsp3) is 0.643. The predicted molar refractivity (Wildman–Crippen MR) is 70.2 cm³/mol. The van der Waals surface area contributed by atoms with Crippen molar-refractivity contribution in [1.29, 1.82) is 0 Å². The van der Waals surface area contributed by atoms with Crippen molar-refractivity contribution in [3.8, 4) is 0 Å². The number of hydrogen-bond acceptors (Lipinski definition) is 1. The minimum absolute atomic E-state index is 0. The van der Waals surface area contributed by atoms with Crippen LogP contribution in [-0.4, -0.2) is 10.4 Å². The van der Waals surface area contributed by atoms with Gasteiger partial charge in [0.2, 0.25) is 0 Å². The SMILES string of the molecule is [CH2]=[Ti+2]([NH]C(C)(C)C)[C]1=C(C)C(C)=C(C)C1C.[Cl-].[Cl-]. The van der Waals surface area contributed by atoms with Crippen LogP contribution in [0.2, 0.25) is 0 Å². The second-order valence-electron chi connectivity index (χ2n) is 5.92. The Morgan fingerprint density at radius 1 is 1.06 bits per heavy atom. The standard InChI is InChI=1S/C9H13.C4H10N.CH2.2ClH.Ti/c1-6-5-7(2)9(4)8(6)3;1-4(2,3)5;;;;/h6H,1-4H3;5H,1-3H3;1H2;2*1H;/q;-1;;;;+3/p-2. The Kier molecular flexibility index (Phi) is 8.60. The zero-order chi connectivity index (χ0) is 12.7. The molecule has 0 aromatic carbocycles. The Labute approximate surface area is 131 Å². The van der Waals surface area contributed by atoms with Gasteiger partial charge < -0.3 is 24.8 Å². The van der Waals surface area contributed by atoms with E-state index in [0.717, 1.165) is 0 Å². The van der Waals surface area contributed by atoms with Crippen LogP contribution in [0, 0.1) is 5.92 Å². The van der Waals surface area contributed by atoms with Crippen molar-refractivity contribution in [2.75, 3.05) is 0 Å². The van der Waals surface area contributed by atoms with Crippen LogP contribution in [0.25, 0.3) is 0 Å². The van der Waals surface area contributed by atoms with E-state index in [0.29, 0.717) is 5.92 Å². The van der Waals surface area contributed by atoms with Gasteiger partial charge in [0.15, 0.2) is 0 Å². The summed E-state index contributed by atoms with van der Waals surface area (Å²) in [7, 11) is 0. The molecule has 0 saturated carbocycles. The van der Waals surface area contributed by atoms with Crippen molar-refractivity contribution in [3.05, 3.63) is 20.6 Å². The summed E-state index contributed by atoms with van der Waals surface area (Å²) in [4.78, 5) is 4.45. The van der Waals surface area contributed by atoms with Gasteiger partial charge in [-0.2, -0.15) is 0 Å². The van der Waals surface area contributed by atoms with E-state index in [1.807, 2.05) is 0 Å². The molecule has 1 N–H and O–H groups in total. The molecule has 104 valence electrons. The molecule has 1 aliphatic carbocycles. The molecule has 0 bridgehead atoms. The molecule has 0 aromatic rings. The molecule has 1 atom stereocenters. The first-order valence-electron chi connectivity index (χ1n) is 6.01. The van der Waals surface area contributed by atoms with E-state index >= 15 is 0 Å². The molecule has 1 rings (SSSR count). The fourth-order valence-electron chi connectivity index (χ4n) is 2.37. The van der Waals surface area contributed by atoms with Crippen LogP contribution in [0.4, 0.5) is 0 Å². The molecule has 0 aromatic heterocycles. The molecule has 1 unspecified atom stereocenters. The molecular weight excluding hydrogens is 301 g/mol. The van der Waals surface area contributed by atoms with Gasteiger partial charge in [0.05, 0.1) is 0 Å². The molecule has 4 heteroatoms. The van der Waals surface area contributed by atoms with Gasteiger partial charge in [0.1, 0.15) is 0 Å².